The highest BCUT2D eigenvalue weighted by molar-refractivity contribution is 5.66. The first-order chi connectivity index (χ1) is 9.69. The predicted octanol–water partition coefficient (Wildman–Crippen LogP) is 2.79. The van der Waals surface area contributed by atoms with Crippen molar-refractivity contribution >= 4 is 11.5 Å². The SMILES string of the molecule is N#CCc1ccc(-c2cccc3nc(N)cn23)c(F)c1. The number of benzene rings is 1. The topological polar surface area (TPSA) is 67.1 Å². The minimum atomic E-state index is -0.363. The number of imidazole rings is 1. The first-order valence-electron chi connectivity index (χ1n) is 6.08. The number of fused-ring (bicyclic) bond motifs is 1. The number of hydrogen-bond donors (Lipinski definition) is 1. The Morgan fingerprint density at radius 2 is 2.15 bits per heavy atom. The third kappa shape index (κ3) is 1.97. The van der Waals surface area contributed by atoms with Crippen LogP contribution in [-0.4, -0.2) is 9.38 Å². The van der Waals surface area contributed by atoms with Crippen LogP contribution in [0.3, 0.4) is 0 Å². The van der Waals surface area contributed by atoms with Gasteiger partial charge >= 0.3 is 0 Å². The monoisotopic (exact) mass is 266 g/mol. The molecule has 4 nitrogen and oxygen atoms in total. The first-order valence-corrected chi connectivity index (χ1v) is 6.08. The molecule has 2 aromatic heterocycles. The number of pyridine rings is 1. The lowest BCUT2D eigenvalue weighted by Gasteiger charge is -2.07. The van der Waals surface area contributed by atoms with E-state index in [-0.39, 0.29) is 12.2 Å². The van der Waals surface area contributed by atoms with E-state index in [4.69, 9.17) is 11.0 Å². The molecule has 0 bridgehead atoms. The third-order valence-electron chi connectivity index (χ3n) is 3.10. The molecule has 5 heteroatoms. The van der Waals surface area contributed by atoms with Crippen LogP contribution in [0.4, 0.5) is 10.2 Å². The van der Waals surface area contributed by atoms with Crippen LogP contribution < -0.4 is 5.73 Å². The van der Waals surface area contributed by atoms with Gasteiger partial charge in [-0.05, 0) is 29.8 Å². The molecular formula is C15H11FN4. The number of hydrogen-bond acceptors (Lipinski definition) is 3. The molecule has 0 saturated heterocycles. The second-order valence-corrected chi connectivity index (χ2v) is 4.45. The molecule has 2 heterocycles. The zero-order valence-electron chi connectivity index (χ0n) is 10.5. The van der Waals surface area contributed by atoms with E-state index in [1.807, 2.05) is 12.1 Å². The average Bonchev–Trinajstić information content (AvgIpc) is 2.79. The maximum absolute atomic E-state index is 14.2. The highest BCUT2D eigenvalue weighted by Crippen LogP contribution is 2.25. The summed E-state index contributed by atoms with van der Waals surface area (Å²) in [6, 6.07) is 12.2. The molecule has 20 heavy (non-hydrogen) atoms. The molecule has 0 fully saturated rings. The van der Waals surface area contributed by atoms with Crippen LogP contribution in [0, 0.1) is 17.1 Å². The first kappa shape index (κ1) is 12.2. The normalized spacial score (nSPS) is 10.6. The molecule has 0 amide bonds. The molecule has 98 valence electrons. The van der Waals surface area contributed by atoms with Gasteiger partial charge in [0.1, 0.15) is 17.3 Å². The van der Waals surface area contributed by atoms with Gasteiger partial charge < -0.3 is 5.73 Å². The summed E-state index contributed by atoms with van der Waals surface area (Å²) in [4.78, 5) is 4.15. The fourth-order valence-electron chi connectivity index (χ4n) is 2.22. The molecular weight excluding hydrogens is 255 g/mol. The van der Waals surface area contributed by atoms with Crippen molar-refractivity contribution in [1.29, 1.82) is 5.26 Å². The standard InChI is InChI=1S/C15H11FN4/c16-12-8-10(6-7-17)4-5-11(12)13-2-1-3-15-19-14(18)9-20(13)15/h1-5,8-9H,6,18H2. The number of aromatic nitrogens is 2. The van der Waals surface area contributed by atoms with Gasteiger partial charge in [-0.25, -0.2) is 9.37 Å². The molecule has 0 spiro atoms. The van der Waals surface area contributed by atoms with Crippen molar-refractivity contribution in [3.63, 3.8) is 0 Å². The zero-order chi connectivity index (χ0) is 14.1. The van der Waals surface area contributed by atoms with Gasteiger partial charge in [-0.2, -0.15) is 5.26 Å². The summed E-state index contributed by atoms with van der Waals surface area (Å²) in [6.07, 6.45) is 1.85. The minimum Gasteiger partial charge on any atom is -0.382 e. The minimum absolute atomic E-state index is 0.194. The lowest BCUT2D eigenvalue weighted by atomic mass is 10.1. The number of nitriles is 1. The molecule has 0 saturated carbocycles. The van der Waals surface area contributed by atoms with Crippen molar-refractivity contribution in [3.05, 3.63) is 54.0 Å². The number of anilines is 1. The molecule has 2 N–H and O–H groups in total. The van der Waals surface area contributed by atoms with Crippen molar-refractivity contribution in [2.75, 3.05) is 5.73 Å². The fraction of sp³-hybridized carbons (Fsp3) is 0.0667. The molecule has 0 radical (unpaired) electrons. The third-order valence-corrected chi connectivity index (χ3v) is 3.10. The lowest BCUT2D eigenvalue weighted by Crippen LogP contribution is -1.94. The van der Waals surface area contributed by atoms with E-state index >= 15 is 0 Å². The second-order valence-electron chi connectivity index (χ2n) is 4.45. The largest absolute Gasteiger partial charge is 0.382 e. The number of nitrogens with two attached hydrogens (primary N) is 1. The molecule has 0 aliphatic heterocycles. The molecule has 3 rings (SSSR count). The summed E-state index contributed by atoms with van der Waals surface area (Å²) >= 11 is 0. The van der Waals surface area contributed by atoms with Crippen molar-refractivity contribution in [1.82, 2.24) is 9.38 Å². The molecule has 0 aliphatic rings. The van der Waals surface area contributed by atoms with Gasteiger partial charge in [-0.15, -0.1) is 0 Å². The lowest BCUT2D eigenvalue weighted by molar-refractivity contribution is 0.629. The van der Waals surface area contributed by atoms with E-state index in [0.29, 0.717) is 28.3 Å². The Morgan fingerprint density at radius 1 is 1.30 bits per heavy atom. The summed E-state index contributed by atoms with van der Waals surface area (Å²) in [5.74, 6) is 0.0245. The Labute approximate surface area is 114 Å². The second kappa shape index (κ2) is 4.67. The van der Waals surface area contributed by atoms with Gasteiger partial charge in [0.2, 0.25) is 0 Å². The quantitative estimate of drug-likeness (QED) is 0.775. The number of nitrogens with zero attached hydrogens (tertiary/aromatic N) is 3. The van der Waals surface area contributed by atoms with Crippen molar-refractivity contribution < 1.29 is 4.39 Å². The van der Waals surface area contributed by atoms with Crippen molar-refractivity contribution in [2.45, 2.75) is 6.42 Å². The van der Waals surface area contributed by atoms with E-state index in [1.54, 1.807) is 34.9 Å². The summed E-state index contributed by atoms with van der Waals surface area (Å²) in [5.41, 5.74) is 8.13. The van der Waals surface area contributed by atoms with Gasteiger partial charge in [0, 0.05) is 5.56 Å². The van der Waals surface area contributed by atoms with Gasteiger partial charge in [-0.1, -0.05) is 12.1 Å². The fourth-order valence-corrected chi connectivity index (χ4v) is 2.22. The van der Waals surface area contributed by atoms with Crippen molar-refractivity contribution in [3.8, 4) is 17.3 Å². The molecule has 1 aromatic carbocycles. The Hall–Kier alpha value is -2.87. The summed E-state index contributed by atoms with van der Waals surface area (Å²) in [7, 11) is 0. The van der Waals surface area contributed by atoms with Crippen LogP contribution in [-0.2, 0) is 6.42 Å². The average molecular weight is 266 g/mol. The van der Waals surface area contributed by atoms with Gasteiger partial charge in [0.15, 0.2) is 0 Å². The molecule has 0 unspecified atom stereocenters. The Balaban J connectivity index is 2.18. The number of rotatable bonds is 2. The summed E-state index contributed by atoms with van der Waals surface area (Å²) in [5, 5.41) is 8.64. The van der Waals surface area contributed by atoms with Crippen LogP contribution in [0.25, 0.3) is 16.9 Å². The Bertz CT molecular complexity index is 829. The van der Waals surface area contributed by atoms with Crippen LogP contribution in [0.15, 0.2) is 42.6 Å². The van der Waals surface area contributed by atoms with Gasteiger partial charge in [-0.3, -0.25) is 4.40 Å². The van der Waals surface area contributed by atoms with Crippen LogP contribution >= 0.6 is 0 Å². The van der Waals surface area contributed by atoms with E-state index in [1.165, 1.54) is 6.07 Å². The maximum Gasteiger partial charge on any atom is 0.142 e. The van der Waals surface area contributed by atoms with Gasteiger partial charge in [0.05, 0.1) is 24.4 Å². The van der Waals surface area contributed by atoms with Crippen LogP contribution in [0.2, 0.25) is 0 Å². The predicted molar refractivity (Wildman–Crippen MR) is 74.3 cm³/mol. The van der Waals surface area contributed by atoms with Gasteiger partial charge in [0.25, 0.3) is 0 Å². The Morgan fingerprint density at radius 3 is 2.90 bits per heavy atom. The van der Waals surface area contributed by atoms with Crippen LogP contribution in [0.1, 0.15) is 5.56 Å². The smallest absolute Gasteiger partial charge is 0.142 e. The van der Waals surface area contributed by atoms with Crippen molar-refractivity contribution in [2.24, 2.45) is 0 Å². The summed E-state index contributed by atoms with van der Waals surface area (Å²) < 4.78 is 16.0. The molecule has 0 atom stereocenters. The van der Waals surface area contributed by atoms with E-state index in [9.17, 15) is 4.39 Å². The van der Waals surface area contributed by atoms with E-state index in [2.05, 4.69) is 4.98 Å². The molecule has 3 aromatic rings. The highest BCUT2D eigenvalue weighted by Gasteiger charge is 2.10. The zero-order valence-corrected chi connectivity index (χ0v) is 10.5. The van der Waals surface area contributed by atoms with Crippen LogP contribution in [0.5, 0.6) is 0 Å². The maximum atomic E-state index is 14.2. The summed E-state index contributed by atoms with van der Waals surface area (Å²) in [6.45, 7) is 0. The number of nitrogen functional groups attached to an aromatic ring is 1. The number of halogens is 1. The Kier molecular flexibility index (Phi) is 2.84. The van der Waals surface area contributed by atoms with E-state index in [0.717, 1.165) is 0 Å². The molecule has 0 aliphatic carbocycles. The highest BCUT2D eigenvalue weighted by atomic mass is 19.1. The van der Waals surface area contributed by atoms with E-state index < -0.39 is 0 Å².